The van der Waals surface area contributed by atoms with E-state index in [0.717, 1.165) is 32.9 Å². The van der Waals surface area contributed by atoms with Gasteiger partial charge in [0.15, 0.2) is 5.43 Å². The van der Waals surface area contributed by atoms with Crippen molar-refractivity contribution >= 4 is 22.2 Å². The molecule has 0 bridgehead atoms. The molecule has 0 aliphatic rings. The fourth-order valence-corrected chi connectivity index (χ4v) is 2.94. The molecule has 0 spiro atoms. The average Bonchev–Trinajstić information content (AvgIpc) is 2.85. The molecule has 0 fully saturated rings. The number of hydrogen-bond donors (Lipinski definition) is 2. The van der Waals surface area contributed by atoms with Gasteiger partial charge in [0.05, 0.1) is 10.7 Å². The molecular weight excluding hydrogens is 282 g/mol. The minimum Gasteiger partial charge on any atom is -0.357 e. The van der Waals surface area contributed by atoms with E-state index >= 15 is 0 Å². The van der Waals surface area contributed by atoms with Crippen LogP contribution in [0.3, 0.4) is 0 Å². The molecule has 3 aromatic rings. The van der Waals surface area contributed by atoms with Crippen LogP contribution in [0.1, 0.15) is 22.0 Å². The molecule has 0 aliphatic carbocycles. The van der Waals surface area contributed by atoms with Crippen LogP contribution in [-0.2, 0) is 13.1 Å². The first-order valence-corrected chi connectivity index (χ1v) is 7.74. The largest absolute Gasteiger partial charge is 0.357 e. The Bertz CT molecular complexity index is 835. The maximum absolute atomic E-state index is 12.1. The van der Waals surface area contributed by atoms with E-state index in [1.165, 1.54) is 0 Å². The van der Waals surface area contributed by atoms with Crippen LogP contribution < -0.4 is 10.7 Å². The van der Waals surface area contributed by atoms with Gasteiger partial charge in [-0.05, 0) is 26.0 Å². The van der Waals surface area contributed by atoms with Gasteiger partial charge in [0.1, 0.15) is 0 Å². The van der Waals surface area contributed by atoms with Crippen LogP contribution in [0.4, 0.5) is 0 Å². The molecule has 0 aliphatic heterocycles. The van der Waals surface area contributed by atoms with E-state index in [1.807, 2.05) is 37.4 Å². The Morgan fingerprint density at radius 2 is 2.10 bits per heavy atom. The second kappa shape index (κ2) is 5.79. The molecule has 5 heteroatoms. The van der Waals surface area contributed by atoms with Crippen LogP contribution >= 0.6 is 11.3 Å². The zero-order chi connectivity index (χ0) is 14.8. The van der Waals surface area contributed by atoms with E-state index in [2.05, 4.69) is 15.3 Å². The summed E-state index contributed by atoms with van der Waals surface area (Å²) in [6, 6.07) is 7.55. The molecule has 2 N–H and O–H groups in total. The Morgan fingerprint density at radius 3 is 2.86 bits per heavy atom. The van der Waals surface area contributed by atoms with Crippen molar-refractivity contribution in [3.05, 3.63) is 61.8 Å². The monoisotopic (exact) mass is 299 g/mol. The molecule has 1 aromatic carbocycles. The summed E-state index contributed by atoms with van der Waals surface area (Å²) in [5, 5.41) is 7.17. The van der Waals surface area contributed by atoms with Crippen LogP contribution in [0.5, 0.6) is 0 Å². The topological polar surface area (TPSA) is 57.8 Å². The fraction of sp³-hybridized carbons (Fsp3) is 0.250. The predicted octanol–water partition coefficient (Wildman–Crippen LogP) is 2.89. The lowest BCUT2D eigenvalue weighted by Crippen LogP contribution is -2.16. The van der Waals surface area contributed by atoms with Crippen LogP contribution in [0, 0.1) is 13.8 Å². The van der Waals surface area contributed by atoms with Crippen molar-refractivity contribution in [2.24, 2.45) is 0 Å². The maximum Gasteiger partial charge on any atom is 0.189 e. The quantitative estimate of drug-likeness (QED) is 0.779. The Morgan fingerprint density at radius 1 is 1.24 bits per heavy atom. The summed E-state index contributed by atoms with van der Waals surface area (Å²) in [4.78, 5) is 19.8. The maximum atomic E-state index is 12.1. The molecule has 3 rings (SSSR count). The van der Waals surface area contributed by atoms with Gasteiger partial charge in [-0.1, -0.05) is 11.6 Å². The normalized spacial score (nSPS) is 11.1. The second-order valence-corrected chi connectivity index (χ2v) is 6.23. The van der Waals surface area contributed by atoms with Crippen molar-refractivity contribution in [3.63, 3.8) is 0 Å². The van der Waals surface area contributed by atoms with E-state index < -0.39 is 0 Å². The number of benzene rings is 1. The van der Waals surface area contributed by atoms with Crippen LogP contribution in [0.15, 0.2) is 34.4 Å². The fourth-order valence-electron chi connectivity index (χ4n) is 2.33. The van der Waals surface area contributed by atoms with Crippen molar-refractivity contribution in [3.8, 4) is 0 Å². The van der Waals surface area contributed by atoms with Gasteiger partial charge >= 0.3 is 0 Å². The summed E-state index contributed by atoms with van der Waals surface area (Å²) in [6.07, 6.45) is 0. The summed E-state index contributed by atoms with van der Waals surface area (Å²) in [5.74, 6) is 0. The summed E-state index contributed by atoms with van der Waals surface area (Å²) in [7, 11) is 0. The number of H-pyrrole nitrogens is 1. The van der Waals surface area contributed by atoms with Crippen LogP contribution in [0.25, 0.3) is 10.9 Å². The molecule has 108 valence electrons. The lowest BCUT2D eigenvalue weighted by atomic mass is 10.1. The molecule has 0 atom stereocenters. The van der Waals surface area contributed by atoms with Gasteiger partial charge in [-0.3, -0.25) is 4.79 Å². The Balaban J connectivity index is 1.75. The zero-order valence-corrected chi connectivity index (χ0v) is 12.9. The molecule has 4 nitrogen and oxygen atoms in total. The first-order valence-electron chi connectivity index (χ1n) is 6.86. The predicted molar refractivity (Wildman–Crippen MR) is 86.7 cm³/mol. The number of fused-ring (bicyclic) bond motifs is 1. The van der Waals surface area contributed by atoms with Crippen molar-refractivity contribution < 1.29 is 0 Å². The lowest BCUT2D eigenvalue weighted by Gasteiger charge is -2.06. The Kier molecular flexibility index (Phi) is 3.86. The first-order chi connectivity index (χ1) is 10.1. The highest BCUT2D eigenvalue weighted by atomic mass is 32.1. The minimum absolute atomic E-state index is 0.0637. The number of rotatable bonds is 4. The number of aromatic nitrogens is 2. The van der Waals surface area contributed by atoms with E-state index in [0.29, 0.717) is 13.1 Å². The lowest BCUT2D eigenvalue weighted by molar-refractivity contribution is 0.670. The summed E-state index contributed by atoms with van der Waals surface area (Å²) in [5.41, 5.74) is 3.97. The third kappa shape index (κ3) is 3.20. The van der Waals surface area contributed by atoms with E-state index in [1.54, 1.807) is 17.4 Å². The molecule has 21 heavy (non-hydrogen) atoms. The van der Waals surface area contributed by atoms with Gasteiger partial charge < -0.3 is 10.3 Å². The Hall–Kier alpha value is -1.98. The number of nitrogens with zero attached hydrogens (tertiary/aromatic N) is 1. The van der Waals surface area contributed by atoms with Crippen molar-refractivity contribution in [2.75, 3.05) is 0 Å². The first kappa shape index (κ1) is 14.0. The highest BCUT2D eigenvalue weighted by Crippen LogP contribution is 2.11. The van der Waals surface area contributed by atoms with Gasteiger partial charge in [0.25, 0.3) is 0 Å². The van der Waals surface area contributed by atoms with Crippen molar-refractivity contribution in [1.29, 1.82) is 0 Å². The van der Waals surface area contributed by atoms with Crippen molar-refractivity contribution in [2.45, 2.75) is 26.9 Å². The SMILES string of the molecule is Cc1ccc2[nH]c(CNCc3csc(C)n3)cc(=O)c2c1. The number of pyridine rings is 1. The molecule has 2 aromatic heterocycles. The summed E-state index contributed by atoms with van der Waals surface area (Å²) in [6.45, 7) is 5.31. The van der Waals surface area contributed by atoms with Crippen LogP contribution in [-0.4, -0.2) is 9.97 Å². The molecule has 0 saturated carbocycles. The molecule has 0 amide bonds. The van der Waals surface area contributed by atoms with Gasteiger partial charge in [-0.25, -0.2) is 4.98 Å². The average molecular weight is 299 g/mol. The third-order valence-electron chi connectivity index (χ3n) is 3.33. The van der Waals surface area contributed by atoms with Crippen LogP contribution in [0.2, 0.25) is 0 Å². The van der Waals surface area contributed by atoms with Gasteiger partial charge in [-0.15, -0.1) is 11.3 Å². The second-order valence-electron chi connectivity index (χ2n) is 5.17. The molecule has 2 heterocycles. The van der Waals surface area contributed by atoms with Crippen molar-refractivity contribution in [1.82, 2.24) is 15.3 Å². The van der Waals surface area contributed by atoms with E-state index in [4.69, 9.17) is 0 Å². The van der Waals surface area contributed by atoms with E-state index in [-0.39, 0.29) is 5.43 Å². The zero-order valence-electron chi connectivity index (χ0n) is 12.1. The summed E-state index contributed by atoms with van der Waals surface area (Å²) >= 11 is 1.65. The standard InChI is InChI=1S/C16H17N3OS/c1-10-3-4-15-14(5-10)16(20)6-12(19-15)7-17-8-13-9-21-11(2)18-13/h3-6,9,17H,7-8H2,1-2H3,(H,19,20). The van der Waals surface area contributed by atoms with Gasteiger partial charge in [0, 0.05) is 41.1 Å². The molecule has 0 saturated heterocycles. The number of hydrogen-bond acceptors (Lipinski definition) is 4. The molecule has 0 radical (unpaired) electrons. The Labute approximate surface area is 126 Å². The molecular formula is C16H17N3OS. The number of aromatic amines is 1. The number of thiazole rings is 1. The number of nitrogens with one attached hydrogen (secondary N) is 2. The highest BCUT2D eigenvalue weighted by Gasteiger charge is 2.03. The molecule has 0 unspecified atom stereocenters. The minimum atomic E-state index is 0.0637. The highest BCUT2D eigenvalue weighted by molar-refractivity contribution is 7.09. The van der Waals surface area contributed by atoms with E-state index in [9.17, 15) is 4.79 Å². The third-order valence-corrected chi connectivity index (χ3v) is 4.15. The summed E-state index contributed by atoms with van der Waals surface area (Å²) < 4.78 is 0. The smallest absolute Gasteiger partial charge is 0.189 e. The van der Waals surface area contributed by atoms with Gasteiger partial charge in [-0.2, -0.15) is 0 Å². The number of aryl methyl sites for hydroxylation is 2. The van der Waals surface area contributed by atoms with Gasteiger partial charge in [0.2, 0.25) is 0 Å².